The number of nitrogens with zero attached hydrogens (tertiary/aromatic N) is 5. The van der Waals surface area contributed by atoms with Crippen LogP contribution in [-0.4, -0.2) is 34.3 Å². The molecule has 2 aromatic carbocycles. The maximum atomic E-state index is 13.7. The second-order valence-corrected chi connectivity index (χ2v) is 9.69. The molecule has 0 spiro atoms. The first-order valence-electron chi connectivity index (χ1n) is 9.58. The number of halogens is 2. The van der Waals surface area contributed by atoms with Crippen LogP contribution in [0.2, 0.25) is 10.0 Å². The average Bonchev–Trinajstić information content (AvgIpc) is 3.09. The number of nitrogens with two attached hydrogens (primary N) is 1. The second-order valence-electron chi connectivity index (χ2n) is 6.99. The van der Waals surface area contributed by atoms with Crippen LogP contribution in [-0.2, 0) is 9.84 Å². The number of para-hydroxylation sites is 2. The third kappa shape index (κ3) is 3.70. The van der Waals surface area contributed by atoms with Gasteiger partial charge in [0, 0.05) is 11.2 Å². The van der Waals surface area contributed by atoms with Crippen molar-refractivity contribution in [3.63, 3.8) is 0 Å². The lowest BCUT2D eigenvalue weighted by Gasteiger charge is -2.07. The van der Waals surface area contributed by atoms with Crippen molar-refractivity contribution in [1.82, 2.24) is 19.6 Å². The maximum Gasteiger partial charge on any atom is 0.214 e. The van der Waals surface area contributed by atoms with Crippen molar-refractivity contribution in [2.24, 2.45) is 5.10 Å². The summed E-state index contributed by atoms with van der Waals surface area (Å²) in [7, 11) is -4.23. The topological polar surface area (TPSA) is 116 Å². The summed E-state index contributed by atoms with van der Waals surface area (Å²) in [5.41, 5.74) is 8.21. The lowest BCUT2D eigenvalue weighted by atomic mass is 10.3. The highest BCUT2D eigenvalue weighted by Crippen LogP contribution is 2.38. The number of anilines is 1. The van der Waals surface area contributed by atoms with Crippen molar-refractivity contribution in [2.45, 2.75) is 9.79 Å². The Balaban J connectivity index is 1.83. The molecule has 0 unspecified atom stereocenters. The average molecular weight is 497 g/mol. The van der Waals surface area contributed by atoms with E-state index in [1.54, 1.807) is 48.7 Å². The predicted molar refractivity (Wildman–Crippen MR) is 129 cm³/mol. The van der Waals surface area contributed by atoms with E-state index in [1.807, 2.05) is 0 Å². The Bertz CT molecular complexity index is 1670. The third-order valence-electron chi connectivity index (χ3n) is 4.87. The minimum Gasteiger partial charge on any atom is -0.382 e. The minimum atomic E-state index is -4.23. The van der Waals surface area contributed by atoms with Gasteiger partial charge in [0.05, 0.1) is 32.9 Å². The highest BCUT2D eigenvalue weighted by atomic mass is 35.5. The molecular weight excluding hydrogens is 483 g/mol. The Kier molecular flexibility index (Phi) is 5.24. The van der Waals surface area contributed by atoms with E-state index in [0.717, 1.165) is 0 Å². The van der Waals surface area contributed by atoms with Gasteiger partial charge in [0.2, 0.25) is 9.84 Å². The Morgan fingerprint density at radius 3 is 2.42 bits per heavy atom. The zero-order valence-electron chi connectivity index (χ0n) is 16.7. The molecule has 8 nitrogen and oxygen atoms in total. The van der Waals surface area contributed by atoms with Gasteiger partial charge in [0.25, 0.3) is 0 Å². The van der Waals surface area contributed by atoms with Crippen LogP contribution >= 0.6 is 23.2 Å². The second kappa shape index (κ2) is 8.11. The molecule has 5 aromatic rings. The molecule has 33 heavy (non-hydrogen) atoms. The molecule has 0 atom stereocenters. The van der Waals surface area contributed by atoms with Crippen LogP contribution in [0.4, 0.5) is 5.82 Å². The van der Waals surface area contributed by atoms with Crippen molar-refractivity contribution in [1.29, 1.82) is 0 Å². The summed E-state index contributed by atoms with van der Waals surface area (Å²) in [6.07, 6.45) is 3.07. The van der Waals surface area contributed by atoms with Gasteiger partial charge in [0.15, 0.2) is 5.65 Å². The first-order chi connectivity index (χ1) is 15.9. The van der Waals surface area contributed by atoms with E-state index in [0.29, 0.717) is 16.7 Å². The number of nitrogen functional groups attached to an aromatic ring is 1. The van der Waals surface area contributed by atoms with Crippen LogP contribution in [0.15, 0.2) is 81.8 Å². The number of pyridine rings is 1. The SMILES string of the molecule is Nc1c(S(=O)(=O)c2cc(Cl)ccc2Cl)c2nc3ccccc3nc2n1N=Cc1ccccn1. The molecule has 0 fully saturated rings. The number of fused-ring (bicyclic) bond motifs is 2. The Morgan fingerprint density at radius 1 is 0.970 bits per heavy atom. The summed E-state index contributed by atoms with van der Waals surface area (Å²) in [5.74, 6) is -0.163. The summed E-state index contributed by atoms with van der Waals surface area (Å²) >= 11 is 12.3. The molecule has 0 bridgehead atoms. The zero-order valence-corrected chi connectivity index (χ0v) is 19.1. The highest BCUT2D eigenvalue weighted by Gasteiger charge is 2.32. The fourth-order valence-electron chi connectivity index (χ4n) is 3.37. The molecule has 0 aliphatic rings. The fourth-order valence-corrected chi connectivity index (χ4v) is 5.61. The van der Waals surface area contributed by atoms with Crippen molar-refractivity contribution in [3.05, 3.63) is 82.6 Å². The fraction of sp³-hybridized carbons (Fsp3) is 0. The standard InChI is InChI=1S/C22H14Cl2N6O2S/c23-13-8-9-15(24)18(11-13)33(31,32)20-19-22(29-17-7-2-1-6-16(17)28-19)30(21(20)25)27-12-14-5-3-4-10-26-14/h1-12H,25H2. The van der Waals surface area contributed by atoms with E-state index >= 15 is 0 Å². The lowest BCUT2D eigenvalue weighted by Crippen LogP contribution is -2.07. The van der Waals surface area contributed by atoms with Gasteiger partial charge >= 0.3 is 0 Å². The van der Waals surface area contributed by atoms with Gasteiger partial charge in [-0.05, 0) is 42.5 Å². The van der Waals surface area contributed by atoms with Gasteiger partial charge in [-0.25, -0.2) is 18.4 Å². The van der Waals surface area contributed by atoms with Gasteiger partial charge in [-0.3, -0.25) is 4.98 Å². The molecule has 0 aliphatic heterocycles. The van der Waals surface area contributed by atoms with Crippen molar-refractivity contribution >= 4 is 67.3 Å². The number of hydrogen-bond donors (Lipinski definition) is 1. The molecule has 0 saturated heterocycles. The monoisotopic (exact) mass is 496 g/mol. The van der Waals surface area contributed by atoms with Crippen molar-refractivity contribution in [2.75, 3.05) is 5.73 Å². The van der Waals surface area contributed by atoms with Crippen LogP contribution < -0.4 is 5.73 Å². The Hall–Kier alpha value is -3.53. The summed E-state index contributed by atoms with van der Waals surface area (Å²) < 4.78 is 28.6. The van der Waals surface area contributed by atoms with E-state index in [9.17, 15) is 8.42 Å². The van der Waals surface area contributed by atoms with Gasteiger partial charge in [0.1, 0.15) is 16.2 Å². The van der Waals surface area contributed by atoms with E-state index in [-0.39, 0.29) is 36.8 Å². The van der Waals surface area contributed by atoms with E-state index < -0.39 is 9.84 Å². The van der Waals surface area contributed by atoms with Crippen LogP contribution in [0.5, 0.6) is 0 Å². The quantitative estimate of drug-likeness (QED) is 0.364. The van der Waals surface area contributed by atoms with E-state index in [4.69, 9.17) is 28.9 Å². The number of benzene rings is 2. The number of aromatic nitrogens is 4. The minimum absolute atomic E-state index is 0.00503. The lowest BCUT2D eigenvalue weighted by molar-refractivity contribution is 0.597. The number of rotatable bonds is 4. The summed E-state index contributed by atoms with van der Waals surface area (Å²) in [6, 6.07) is 16.6. The molecular formula is C22H14Cl2N6O2S. The first kappa shape index (κ1) is 21.3. The molecule has 0 saturated carbocycles. The van der Waals surface area contributed by atoms with Gasteiger partial charge in [-0.1, -0.05) is 41.4 Å². The smallest absolute Gasteiger partial charge is 0.214 e. The molecule has 5 rings (SSSR count). The largest absolute Gasteiger partial charge is 0.382 e. The maximum absolute atomic E-state index is 13.7. The molecule has 0 amide bonds. The Morgan fingerprint density at radius 2 is 1.70 bits per heavy atom. The molecule has 3 aromatic heterocycles. The van der Waals surface area contributed by atoms with Crippen molar-refractivity contribution in [3.8, 4) is 0 Å². The van der Waals surface area contributed by atoms with Crippen molar-refractivity contribution < 1.29 is 8.42 Å². The van der Waals surface area contributed by atoms with Crippen LogP contribution in [0, 0.1) is 0 Å². The van der Waals surface area contributed by atoms with Crippen LogP contribution in [0.1, 0.15) is 5.69 Å². The summed E-state index contributed by atoms with van der Waals surface area (Å²) in [5, 5.41) is 4.57. The third-order valence-corrected chi connectivity index (χ3v) is 7.41. The molecule has 0 aliphatic carbocycles. The molecule has 2 N–H and O–H groups in total. The normalized spacial score (nSPS) is 12.2. The molecule has 11 heteroatoms. The molecule has 3 heterocycles. The predicted octanol–water partition coefficient (Wildman–Crippen LogP) is 4.58. The van der Waals surface area contributed by atoms with Gasteiger partial charge in [-0.2, -0.15) is 9.78 Å². The summed E-state index contributed by atoms with van der Waals surface area (Å²) in [4.78, 5) is 12.9. The molecule has 164 valence electrons. The molecule has 0 radical (unpaired) electrons. The zero-order chi connectivity index (χ0) is 23.2. The first-order valence-corrected chi connectivity index (χ1v) is 11.8. The summed E-state index contributed by atoms with van der Waals surface area (Å²) in [6.45, 7) is 0. The van der Waals surface area contributed by atoms with Crippen LogP contribution in [0.3, 0.4) is 0 Å². The number of sulfone groups is 1. The van der Waals surface area contributed by atoms with E-state index in [1.165, 1.54) is 29.1 Å². The highest BCUT2D eigenvalue weighted by molar-refractivity contribution is 7.92. The van der Waals surface area contributed by atoms with E-state index in [2.05, 4.69) is 20.1 Å². The number of hydrogen-bond acceptors (Lipinski definition) is 7. The van der Waals surface area contributed by atoms with Gasteiger partial charge < -0.3 is 5.73 Å². The Labute approximate surface area is 198 Å². The van der Waals surface area contributed by atoms with Crippen LogP contribution in [0.25, 0.3) is 22.2 Å². The van der Waals surface area contributed by atoms with Gasteiger partial charge in [-0.15, -0.1) is 0 Å².